The van der Waals surface area contributed by atoms with Gasteiger partial charge in [-0.05, 0) is 26.3 Å². The van der Waals surface area contributed by atoms with E-state index in [0.29, 0.717) is 6.54 Å². The molecule has 0 heterocycles. The second kappa shape index (κ2) is 7.06. The highest BCUT2D eigenvalue weighted by Gasteiger charge is 1.89. The molecule has 0 aliphatic heterocycles. The molecule has 0 aliphatic carbocycles. The van der Waals surface area contributed by atoms with Gasteiger partial charge in [0.25, 0.3) is 0 Å². The first kappa shape index (κ1) is 9.95. The highest BCUT2D eigenvalue weighted by molar-refractivity contribution is 5.87. The monoisotopic (exact) mass is 153 g/mol. The van der Waals surface area contributed by atoms with E-state index >= 15 is 0 Å². The summed E-state index contributed by atoms with van der Waals surface area (Å²) in [7, 11) is 0. The van der Waals surface area contributed by atoms with Crippen LogP contribution in [0, 0.1) is 0 Å². The lowest BCUT2D eigenvalue weighted by Gasteiger charge is -1.96. The van der Waals surface area contributed by atoms with Gasteiger partial charge < -0.3 is 5.32 Å². The fraction of sp³-hybridized carbons (Fsp3) is 0.444. The number of carbonyl (C=O) groups is 1. The third-order valence-corrected chi connectivity index (χ3v) is 1.16. The summed E-state index contributed by atoms with van der Waals surface area (Å²) in [6, 6.07) is 0. The van der Waals surface area contributed by atoms with Gasteiger partial charge in [0.1, 0.15) is 0 Å². The minimum absolute atomic E-state index is 0.0167. The van der Waals surface area contributed by atoms with Crippen molar-refractivity contribution in [2.75, 3.05) is 6.54 Å². The summed E-state index contributed by atoms with van der Waals surface area (Å²) in [5.74, 6) is -0.0167. The molecule has 0 saturated carbocycles. The number of allylic oxidation sites excluding steroid dienone is 2. The Bertz CT molecular complexity index is 159. The van der Waals surface area contributed by atoms with Crippen molar-refractivity contribution in [3.8, 4) is 0 Å². The van der Waals surface area contributed by atoms with Crippen LogP contribution in [0.5, 0.6) is 0 Å². The van der Waals surface area contributed by atoms with Gasteiger partial charge in [-0.3, -0.25) is 4.79 Å². The number of amides is 1. The molecule has 1 N–H and O–H groups in total. The van der Waals surface area contributed by atoms with Gasteiger partial charge in [0, 0.05) is 6.54 Å². The van der Waals surface area contributed by atoms with Crippen molar-refractivity contribution in [1.29, 1.82) is 0 Å². The molecule has 0 rings (SSSR count). The standard InChI is InChI=1S/C9H15NO/c1-3-5-6-8-10-9(11)7-4-2/h3-5,7H,6,8H2,1-2H3,(H,10,11)/b5-3+,7-4+. The van der Waals surface area contributed by atoms with E-state index in [2.05, 4.69) is 5.32 Å². The Kier molecular flexibility index (Phi) is 6.39. The zero-order valence-corrected chi connectivity index (χ0v) is 7.13. The average Bonchev–Trinajstić information content (AvgIpc) is 1.99. The van der Waals surface area contributed by atoms with Gasteiger partial charge in [-0.2, -0.15) is 0 Å². The Morgan fingerprint density at radius 3 is 2.64 bits per heavy atom. The molecule has 0 aromatic rings. The fourth-order valence-corrected chi connectivity index (χ4v) is 0.656. The van der Waals surface area contributed by atoms with Crippen molar-refractivity contribution in [3.63, 3.8) is 0 Å². The highest BCUT2D eigenvalue weighted by Crippen LogP contribution is 1.80. The predicted octanol–water partition coefficient (Wildman–Crippen LogP) is 1.64. The predicted molar refractivity (Wildman–Crippen MR) is 47.3 cm³/mol. The minimum atomic E-state index is -0.0167. The molecule has 0 spiro atoms. The van der Waals surface area contributed by atoms with Crippen LogP contribution in [0.3, 0.4) is 0 Å². The molecular weight excluding hydrogens is 138 g/mol. The molecule has 0 aromatic carbocycles. The Hall–Kier alpha value is -1.05. The van der Waals surface area contributed by atoms with E-state index in [1.165, 1.54) is 6.08 Å². The molecule has 1 amide bonds. The van der Waals surface area contributed by atoms with Crippen molar-refractivity contribution in [2.45, 2.75) is 20.3 Å². The van der Waals surface area contributed by atoms with Gasteiger partial charge in [0.15, 0.2) is 0 Å². The number of hydrogen-bond donors (Lipinski definition) is 1. The van der Waals surface area contributed by atoms with E-state index in [-0.39, 0.29) is 5.91 Å². The van der Waals surface area contributed by atoms with Gasteiger partial charge >= 0.3 is 0 Å². The van der Waals surface area contributed by atoms with E-state index in [1.54, 1.807) is 6.08 Å². The van der Waals surface area contributed by atoms with Crippen LogP contribution < -0.4 is 5.32 Å². The first-order valence-electron chi connectivity index (χ1n) is 3.83. The van der Waals surface area contributed by atoms with E-state index < -0.39 is 0 Å². The van der Waals surface area contributed by atoms with Gasteiger partial charge in [0.2, 0.25) is 5.91 Å². The average molecular weight is 153 g/mol. The van der Waals surface area contributed by atoms with Crippen LogP contribution in [0.2, 0.25) is 0 Å². The van der Waals surface area contributed by atoms with E-state index in [4.69, 9.17) is 0 Å². The molecule has 0 saturated heterocycles. The van der Waals surface area contributed by atoms with Crippen LogP contribution in [0.4, 0.5) is 0 Å². The summed E-state index contributed by atoms with van der Waals surface area (Å²) in [6.07, 6.45) is 8.15. The summed E-state index contributed by atoms with van der Waals surface area (Å²) < 4.78 is 0. The topological polar surface area (TPSA) is 29.1 Å². The lowest BCUT2D eigenvalue weighted by atomic mass is 10.4. The molecule has 2 heteroatoms. The number of hydrogen-bond acceptors (Lipinski definition) is 1. The maximum Gasteiger partial charge on any atom is 0.243 e. The second-order valence-corrected chi connectivity index (χ2v) is 2.15. The summed E-state index contributed by atoms with van der Waals surface area (Å²) in [5.41, 5.74) is 0. The van der Waals surface area contributed by atoms with Crippen LogP contribution in [0.1, 0.15) is 20.3 Å². The van der Waals surface area contributed by atoms with E-state index in [9.17, 15) is 4.79 Å². The molecule has 0 radical (unpaired) electrons. The van der Waals surface area contributed by atoms with Crippen molar-refractivity contribution < 1.29 is 4.79 Å². The Labute approximate surface area is 68.0 Å². The van der Waals surface area contributed by atoms with Crippen molar-refractivity contribution in [2.24, 2.45) is 0 Å². The normalized spacial score (nSPS) is 11.1. The van der Waals surface area contributed by atoms with Crippen molar-refractivity contribution in [1.82, 2.24) is 5.32 Å². The third kappa shape index (κ3) is 6.84. The summed E-state index contributed by atoms with van der Waals surface area (Å²) in [5, 5.41) is 2.74. The van der Waals surface area contributed by atoms with Gasteiger partial charge in [-0.1, -0.05) is 18.2 Å². The molecule has 0 unspecified atom stereocenters. The second-order valence-electron chi connectivity index (χ2n) is 2.15. The Morgan fingerprint density at radius 2 is 2.09 bits per heavy atom. The minimum Gasteiger partial charge on any atom is -0.352 e. The molecular formula is C9H15NO. The molecule has 11 heavy (non-hydrogen) atoms. The van der Waals surface area contributed by atoms with Gasteiger partial charge in [-0.25, -0.2) is 0 Å². The van der Waals surface area contributed by atoms with E-state index in [0.717, 1.165) is 6.42 Å². The number of rotatable bonds is 4. The number of carbonyl (C=O) groups excluding carboxylic acids is 1. The first-order chi connectivity index (χ1) is 5.31. The van der Waals surface area contributed by atoms with Crippen LogP contribution in [-0.4, -0.2) is 12.5 Å². The van der Waals surface area contributed by atoms with Gasteiger partial charge in [0.05, 0.1) is 0 Å². The van der Waals surface area contributed by atoms with E-state index in [1.807, 2.05) is 26.0 Å². The molecule has 0 aromatic heterocycles. The fourth-order valence-electron chi connectivity index (χ4n) is 0.656. The van der Waals surface area contributed by atoms with Crippen molar-refractivity contribution >= 4 is 5.91 Å². The Balaban J connectivity index is 3.31. The quantitative estimate of drug-likeness (QED) is 0.371. The highest BCUT2D eigenvalue weighted by atomic mass is 16.1. The molecule has 0 bridgehead atoms. The number of nitrogens with one attached hydrogen (secondary N) is 1. The maximum atomic E-state index is 10.8. The molecule has 2 nitrogen and oxygen atoms in total. The maximum absolute atomic E-state index is 10.8. The molecule has 62 valence electrons. The molecule has 0 fully saturated rings. The smallest absolute Gasteiger partial charge is 0.243 e. The third-order valence-electron chi connectivity index (χ3n) is 1.16. The molecule has 0 aliphatic rings. The van der Waals surface area contributed by atoms with Crippen LogP contribution in [0.15, 0.2) is 24.3 Å². The zero-order chi connectivity index (χ0) is 8.53. The van der Waals surface area contributed by atoms with Gasteiger partial charge in [-0.15, -0.1) is 0 Å². The first-order valence-corrected chi connectivity index (χ1v) is 3.83. The largest absolute Gasteiger partial charge is 0.352 e. The van der Waals surface area contributed by atoms with Crippen LogP contribution in [-0.2, 0) is 4.79 Å². The van der Waals surface area contributed by atoms with Crippen LogP contribution in [0.25, 0.3) is 0 Å². The summed E-state index contributed by atoms with van der Waals surface area (Å²) in [6.45, 7) is 4.51. The molecule has 0 atom stereocenters. The SMILES string of the molecule is C/C=C/CCNC(=O)/C=C/C. The summed E-state index contributed by atoms with van der Waals surface area (Å²) >= 11 is 0. The Morgan fingerprint density at radius 1 is 1.36 bits per heavy atom. The zero-order valence-electron chi connectivity index (χ0n) is 7.13. The van der Waals surface area contributed by atoms with Crippen LogP contribution >= 0.6 is 0 Å². The lowest BCUT2D eigenvalue weighted by molar-refractivity contribution is -0.116. The summed E-state index contributed by atoms with van der Waals surface area (Å²) in [4.78, 5) is 10.8. The lowest BCUT2D eigenvalue weighted by Crippen LogP contribution is -2.21. The van der Waals surface area contributed by atoms with Crippen molar-refractivity contribution in [3.05, 3.63) is 24.3 Å².